The highest BCUT2D eigenvalue weighted by Gasteiger charge is 2.31. The van der Waals surface area contributed by atoms with Crippen molar-refractivity contribution in [2.24, 2.45) is 11.8 Å². The number of nitrogens with zero attached hydrogens (tertiary/aromatic N) is 1. The van der Waals surface area contributed by atoms with E-state index < -0.39 is 5.97 Å². The lowest BCUT2D eigenvalue weighted by Crippen LogP contribution is -2.36. The van der Waals surface area contributed by atoms with Gasteiger partial charge in [0.2, 0.25) is 5.91 Å². The largest absolute Gasteiger partial charge is 0.481 e. The molecular formula is C14H20N2O3S. The van der Waals surface area contributed by atoms with E-state index in [1.807, 2.05) is 19.2 Å². The van der Waals surface area contributed by atoms with Gasteiger partial charge in [-0.2, -0.15) is 0 Å². The van der Waals surface area contributed by atoms with Gasteiger partial charge in [-0.25, -0.2) is 4.98 Å². The molecule has 1 aliphatic rings. The molecular weight excluding hydrogens is 276 g/mol. The Hall–Kier alpha value is -1.43. The first kappa shape index (κ1) is 15.0. The molecule has 2 N–H and O–H groups in total. The van der Waals surface area contributed by atoms with Crippen molar-refractivity contribution in [1.29, 1.82) is 0 Å². The SMILES string of the molecule is Cc1csc(C(C)NC(=O)C2CCCC(C(=O)O)C2)n1. The lowest BCUT2D eigenvalue weighted by atomic mass is 9.81. The molecule has 6 heteroatoms. The molecule has 1 amide bonds. The third kappa shape index (κ3) is 3.56. The van der Waals surface area contributed by atoms with Crippen LogP contribution in [0.15, 0.2) is 5.38 Å². The number of aromatic nitrogens is 1. The summed E-state index contributed by atoms with van der Waals surface area (Å²) in [4.78, 5) is 27.6. The second-order valence-corrected chi connectivity index (χ2v) is 6.35. The van der Waals surface area contributed by atoms with Crippen molar-refractivity contribution in [3.05, 3.63) is 16.1 Å². The van der Waals surface area contributed by atoms with Gasteiger partial charge < -0.3 is 10.4 Å². The van der Waals surface area contributed by atoms with Gasteiger partial charge in [-0.1, -0.05) is 6.42 Å². The summed E-state index contributed by atoms with van der Waals surface area (Å²) >= 11 is 1.53. The molecule has 20 heavy (non-hydrogen) atoms. The molecule has 2 rings (SSSR count). The van der Waals surface area contributed by atoms with E-state index in [4.69, 9.17) is 5.11 Å². The number of amides is 1. The van der Waals surface area contributed by atoms with Crippen molar-refractivity contribution in [2.75, 3.05) is 0 Å². The van der Waals surface area contributed by atoms with E-state index in [9.17, 15) is 9.59 Å². The Kier molecular flexibility index (Phi) is 4.75. The average molecular weight is 296 g/mol. The van der Waals surface area contributed by atoms with E-state index in [1.54, 1.807) is 0 Å². The molecule has 3 unspecified atom stereocenters. The van der Waals surface area contributed by atoms with Crippen molar-refractivity contribution in [2.45, 2.75) is 45.6 Å². The molecule has 1 saturated carbocycles. The van der Waals surface area contributed by atoms with Crippen LogP contribution in [0.1, 0.15) is 49.4 Å². The lowest BCUT2D eigenvalue weighted by Gasteiger charge is -2.26. The van der Waals surface area contributed by atoms with E-state index in [1.165, 1.54) is 11.3 Å². The molecule has 0 bridgehead atoms. The van der Waals surface area contributed by atoms with Crippen LogP contribution in [0.4, 0.5) is 0 Å². The van der Waals surface area contributed by atoms with Crippen LogP contribution < -0.4 is 5.32 Å². The third-order valence-electron chi connectivity index (χ3n) is 3.76. The van der Waals surface area contributed by atoms with E-state index in [0.29, 0.717) is 12.8 Å². The van der Waals surface area contributed by atoms with Gasteiger partial charge in [-0.3, -0.25) is 9.59 Å². The maximum atomic E-state index is 12.2. The number of carboxylic acid groups (broad SMARTS) is 1. The van der Waals surface area contributed by atoms with Gasteiger partial charge in [0, 0.05) is 17.0 Å². The molecule has 1 fully saturated rings. The van der Waals surface area contributed by atoms with Gasteiger partial charge in [-0.15, -0.1) is 11.3 Å². The van der Waals surface area contributed by atoms with Crippen molar-refractivity contribution in [3.8, 4) is 0 Å². The standard InChI is InChI=1S/C14H20N2O3S/c1-8-7-20-13(15-8)9(2)16-12(17)10-4-3-5-11(6-10)14(18)19/h7,9-11H,3-6H2,1-2H3,(H,16,17)(H,18,19). The maximum Gasteiger partial charge on any atom is 0.306 e. The first-order chi connectivity index (χ1) is 9.47. The number of carbonyl (C=O) groups is 2. The predicted octanol–water partition coefficient (Wildman–Crippen LogP) is 2.52. The Labute approximate surface area is 122 Å². The van der Waals surface area contributed by atoms with Crippen molar-refractivity contribution in [1.82, 2.24) is 10.3 Å². The van der Waals surface area contributed by atoms with Gasteiger partial charge in [0.25, 0.3) is 0 Å². The molecule has 0 aromatic carbocycles. The predicted molar refractivity (Wildman–Crippen MR) is 76.5 cm³/mol. The first-order valence-corrected chi connectivity index (χ1v) is 7.80. The summed E-state index contributed by atoms with van der Waals surface area (Å²) in [6.45, 7) is 3.83. The fraction of sp³-hybridized carbons (Fsp3) is 0.643. The van der Waals surface area contributed by atoms with Crippen molar-refractivity contribution in [3.63, 3.8) is 0 Å². The van der Waals surface area contributed by atoms with Crippen molar-refractivity contribution < 1.29 is 14.7 Å². The van der Waals surface area contributed by atoms with Crippen LogP contribution in [0.2, 0.25) is 0 Å². The molecule has 1 heterocycles. The molecule has 110 valence electrons. The van der Waals surface area contributed by atoms with Gasteiger partial charge in [-0.05, 0) is 33.1 Å². The molecule has 0 radical (unpaired) electrons. The molecule has 1 aliphatic carbocycles. The van der Waals surface area contributed by atoms with Gasteiger partial charge in [0.15, 0.2) is 0 Å². The molecule has 1 aromatic heterocycles. The molecule has 5 nitrogen and oxygen atoms in total. The molecule has 0 aliphatic heterocycles. The number of thiazole rings is 1. The minimum Gasteiger partial charge on any atom is -0.481 e. The van der Waals surface area contributed by atoms with Gasteiger partial charge >= 0.3 is 5.97 Å². The summed E-state index contributed by atoms with van der Waals surface area (Å²) in [6, 6.07) is -0.119. The average Bonchev–Trinajstić information content (AvgIpc) is 2.85. The number of carbonyl (C=O) groups excluding carboxylic acids is 1. The van der Waals surface area contributed by atoms with Gasteiger partial charge in [0.05, 0.1) is 12.0 Å². The van der Waals surface area contributed by atoms with Crippen LogP contribution in [0.25, 0.3) is 0 Å². The summed E-state index contributed by atoms with van der Waals surface area (Å²) in [6.07, 6.45) is 2.71. The molecule has 3 atom stereocenters. The Morgan fingerprint density at radius 2 is 2.15 bits per heavy atom. The van der Waals surface area contributed by atoms with Crippen LogP contribution in [0.3, 0.4) is 0 Å². The zero-order valence-electron chi connectivity index (χ0n) is 11.8. The first-order valence-electron chi connectivity index (χ1n) is 6.92. The van der Waals surface area contributed by atoms with Gasteiger partial charge in [0.1, 0.15) is 5.01 Å². The number of rotatable bonds is 4. The fourth-order valence-electron chi connectivity index (χ4n) is 2.62. The summed E-state index contributed by atoms with van der Waals surface area (Å²) < 4.78 is 0. The number of aliphatic carboxylic acids is 1. The van der Waals surface area contributed by atoms with Crippen LogP contribution in [0.5, 0.6) is 0 Å². The zero-order chi connectivity index (χ0) is 14.7. The van der Waals surface area contributed by atoms with Crippen LogP contribution in [-0.4, -0.2) is 22.0 Å². The third-order valence-corrected chi connectivity index (χ3v) is 4.91. The number of hydrogen-bond acceptors (Lipinski definition) is 4. The highest BCUT2D eigenvalue weighted by Crippen LogP contribution is 2.30. The fourth-order valence-corrected chi connectivity index (χ4v) is 3.42. The smallest absolute Gasteiger partial charge is 0.306 e. The topological polar surface area (TPSA) is 79.3 Å². The van der Waals surface area contributed by atoms with E-state index in [-0.39, 0.29) is 23.8 Å². The van der Waals surface area contributed by atoms with Crippen LogP contribution >= 0.6 is 11.3 Å². The van der Waals surface area contributed by atoms with Crippen LogP contribution in [0, 0.1) is 18.8 Å². The number of nitrogens with one attached hydrogen (secondary N) is 1. The Morgan fingerprint density at radius 3 is 2.75 bits per heavy atom. The second-order valence-electron chi connectivity index (χ2n) is 5.46. The highest BCUT2D eigenvalue weighted by molar-refractivity contribution is 7.09. The Morgan fingerprint density at radius 1 is 1.45 bits per heavy atom. The quantitative estimate of drug-likeness (QED) is 0.894. The maximum absolute atomic E-state index is 12.2. The normalized spacial score (nSPS) is 24.1. The van der Waals surface area contributed by atoms with Crippen molar-refractivity contribution >= 4 is 23.2 Å². The number of aryl methyl sites for hydroxylation is 1. The summed E-state index contributed by atoms with van der Waals surface area (Å²) in [5, 5.41) is 14.9. The molecule has 0 saturated heterocycles. The van der Waals surface area contributed by atoms with E-state index in [0.717, 1.165) is 23.5 Å². The van der Waals surface area contributed by atoms with E-state index in [2.05, 4.69) is 10.3 Å². The van der Waals surface area contributed by atoms with Crippen LogP contribution in [-0.2, 0) is 9.59 Å². The second kappa shape index (κ2) is 6.35. The number of hydrogen-bond donors (Lipinski definition) is 2. The minimum atomic E-state index is -0.786. The summed E-state index contributed by atoms with van der Waals surface area (Å²) in [5.74, 6) is -1.40. The Bertz CT molecular complexity index is 500. The summed E-state index contributed by atoms with van der Waals surface area (Å²) in [7, 11) is 0. The molecule has 1 aromatic rings. The molecule has 0 spiro atoms. The minimum absolute atomic E-state index is 0.0451. The number of carboxylic acids is 1. The lowest BCUT2D eigenvalue weighted by molar-refractivity contribution is -0.144. The zero-order valence-corrected chi connectivity index (χ0v) is 12.6. The summed E-state index contributed by atoms with van der Waals surface area (Å²) in [5.41, 5.74) is 0.953. The monoisotopic (exact) mass is 296 g/mol. The highest BCUT2D eigenvalue weighted by atomic mass is 32.1. The van der Waals surface area contributed by atoms with E-state index >= 15 is 0 Å². The Balaban J connectivity index is 1.92.